The van der Waals surface area contributed by atoms with E-state index in [1.54, 1.807) is 17.7 Å². The normalized spacial score (nSPS) is 14.4. The van der Waals surface area contributed by atoms with Gasteiger partial charge in [-0.3, -0.25) is 9.36 Å². The summed E-state index contributed by atoms with van der Waals surface area (Å²) < 4.78 is 3.29. The summed E-state index contributed by atoms with van der Waals surface area (Å²) >= 11 is 1.67. The molecule has 0 radical (unpaired) electrons. The SMILES string of the molecule is O=c1c2c3c(sc2nc2n(-c4ccccc4)cnn12)CCCC3. The summed E-state index contributed by atoms with van der Waals surface area (Å²) in [5.41, 5.74) is 2.12. The molecule has 0 fully saturated rings. The second kappa shape index (κ2) is 4.76. The van der Waals surface area contributed by atoms with Crippen LogP contribution in [0.4, 0.5) is 0 Å². The third-order valence-corrected chi connectivity index (χ3v) is 5.67. The number of aromatic nitrogens is 4. The van der Waals surface area contributed by atoms with Gasteiger partial charge < -0.3 is 0 Å². The molecule has 0 N–H and O–H groups in total. The lowest BCUT2D eigenvalue weighted by molar-refractivity contribution is 0.699. The minimum absolute atomic E-state index is 0.0425. The lowest BCUT2D eigenvalue weighted by Crippen LogP contribution is -2.17. The highest BCUT2D eigenvalue weighted by Gasteiger charge is 2.21. The maximum atomic E-state index is 12.9. The Hall–Kier alpha value is -2.47. The lowest BCUT2D eigenvalue weighted by Gasteiger charge is -2.09. The van der Waals surface area contributed by atoms with Gasteiger partial charge in [-0.2, -0.15) is 9.61 Å². The molecular weight excluding hydrogens is 308 g/mol. The molecule has 1 aliphatic rings. The van der Waals surface area contributed by atoms with E-state index in [1.165, 1.54) is 21.4 Å². The van der Waals surface area contributed by atoms with Crippen molar-refractivity contribution in [2.24, 2.45) is 0 Å². The summed E-state index contributed by atoms with van der Waals surface area (Å²) in [6, 6.07) is 9.86. The van der Waals surface area contributed by atoms with Crippen LogP contribution in [0.2, 0.25) is 0 Å². The van der Waals surface area contributed by atoms with Crippen LogP contribution in [0, 0.1) is 0 Å². The van der Waals surface area contributed by atoms with Crippen molar-refractivity contribution in [1.29, 1.82) is 0 Å². The van der Waals surface area contributed by atoms with Gasteiger partial charge in [-0.05, 0) is 43.4 Å². The van der Waals surface area contributed by atoms with Crippen molar-refractivity contribution in [3.63, 3.8) is 0 Å². The number of nitrogens with zero attached hydrogens (tertiary/aromatic N) is 4. The van der Waals surface area contributed by atoms with E-state index >= 15 is 0 Å². The van der Waals surface area contributed by atoms with Gasteiger partial charge in [0.15, 0.2) is 0 Å². The smallest absolute Gasteiger partial charge is 0.267 e. The second-order valence-electron chi connectivity index (χ2n) is 5.86. The van der Waals surface area contributed by atoms with E-state index in [0.29, 0.717) is 5.78 Å². The molecule has 3 heterocycles. The van der Waals surface area contributed by atoms with Crippen LogP contribution in [0.5, 0.6) is 0 Å². The summed E-state index contributed by atoms with van der Waals surface area (Å²) in [5, 5.41) is 5.06. The molecule has 0 amide bonds. The van der Waals surface area contributed by atoms with Gasteiger partial charge in [0.1, 0.15) is 11.2 Å². The van der Waals surface area contributed by atoms with Gasteiger partial charge in [-0.25, -0.2) is 4.98 Å². The number of para-hydroxylation sites is 1. The highest BCUT2D eigenvalue weighted by Crippen LogP contribution is 2.33. The fourth-order valence-corrected chi connectivity index (χ4v) is 4.62. The van der Waals surface area contributed by atoms with E-state index in [0.717, 1.165) is 35.2 Å². The van der Waals surface area contributed by atoms with Crippen LogP contribution >= 0.6 is 11.3 Å². The van der Waals surface area contributed by atoms with E-state index in [1.807, 2.05) is 34.9 Å². The molecule has 0 atom stereocenters. The van der Waals surface area contributed by atoms with Gasteiger partial charge in [-0.1, -0.05) is 18.2 Å². The molecule has 114 valence electrons. The fourth-order valence-electron chi connectivity index (χ4n) is 3.37. The van der Waals surface area contributed by atoms with Gasteiger partial charge in [-0.15, -0.1) is 11.3 Å². The Kier molecular flexibility index (Phi) is 2.69. The molecule has 0 saturated heterocycles. The molecule has 5 nitrogen and oxygen atoms in total. The number of hydrogen-bond acceptors (Lipinski definition) is 4. The molecule has 0 saturated carbocycles. The molecule has 4 aromatic rings. The molecule has 0 spiro atoms. The molecule has 0 unspecified atom stereocenters. The Bertz CT molecular complexity index is 1090. The molecule has 1 aromatic carbocycles. The molecule has 0 bridgehead atoms. The highest BCUT2D eigenvalue weighted by atomic mass is 32.1. The van der Waals surface area contributed by atoms with Crippen molar-refractivity contribution in [3.05, 3.63) is 57.5 Å². The second-order valence-corrected chi connectivity index (χ2v) is 6.94. The fraction of sp³-hybridized carbons (Fsp3) is 0.235. The van der Waals surface area contributed by atoms with Crippen LogP contribution in [0.25, 0.3) is 21.7 Å². The number of benzene rings is 1. The Morgan fingerprint density at radius 2 is 1.91 bits per heavy atom. The highest BCUT2D eigenvalue weighted by molar-refractivity contribution is 7.18. The third kappa shape index (κ3) is 1.81. The first-order chi connectivity index (χ1) is 11.3. The van der Waals surface area contributed by atoms with Gasteiger partial charge in [0, 0.05) is 4.88 Å². The van der Waals surface area contributed by atoms with Crippen molar-refractivity contribution in [2.45, 2.75) is 25.7 Å². The molecule has 0 aliphatic heterocycles. The van der Waals surface area contributed by atoms with Crippen molar-refractivity contribution in [2.75, 3.05) is 0 Å². The predicted octanol–water partition coefficient (Wildman–Crippen LogP) is 2.97. The number of thiophene rings is 1. The zero-order valence-electron chi connectivity index (χ0n) is 12.4. The van der Waals surface area contributed by atoms with Crippen LogP contribution in [-0.2, 0) is 12.8 Å². The predicted molar refractivity (Wildman–Crippen MR) is 90.6 cm³/mol. The Labute approximate surface area is 135 Å². The van der Waals surface area contributed by atoms with E-state index < -0.39 is 0 Å². The van der Waals surface area contributed by atoms with Crippen LogP contribution in [0.15, 0.2) is 41.5 Å². The Balaban J connectivity index is 1.86. The number of aryl methyl sites for hydroxylation is 2. The average molecular weight is 322 g/mol. The molecular formula is C17H14N4OS. The maximum absolute atomic E-state index is 12.9. The molecule has 1 aliphatic carbocycles. The average Bonchev–Trinajstić information content (AvgIpc) is 3.17. The Morgan fingerprint density at radius 1 is 1.09 bits per heavy atom. The molecule has 6 heteroatoms. The molecule has 3 aromatic heterocycles. The van der Waals surface area contributed by atoms with Crippen LogP contribution in [0.3, 0.4) is 0 Å². The number of hydrogen-bond donors (Lipinski definition) is 0. The van der Waals surface area contributed by atoms with E-state index in [2.05, 4.69) is 5.10 Å². The van der Waals surface area contributed by atoms with E-state index in [4.69, 9.17) is 4.98 Å². The Morgan fingerprint density at radius 3 is 2.78 bits per heavy atom. The third-order valence-electron chi connectivity index (χ3n) is 4.48. The minimum Gasteiger partial charge on any atom is -0.267 e. The van der Waals surface area contributed by atoms with Crippen LogP contribution in [0.1, 0.15) is 23.3 Å². The number of fused-ring (bicyclic) bond motifs is 4. The number of rotatable bonds is 1. The van der Waals surface area contributed by atoms with Gasteiger partial charge in [0.25, 0.3) is 5.56 Å². The van der Waals surface area contributed by atoms with Gasteiger partial charge >= 0.3 is 0 Å². The van der Waals surface area contributed by atoms with Crippen LogP contribution in [-0.4, -0.2) is 19.2 Å². The molecule has 5 rings (SSSR count). The van der Waals surface area contributed by atoms with E-state index in [9.17, 15) is 4.79 Å². The quantitative estimate of drug-likeness (QED) is 0.541. The van der Waals surface area contributed by atoms with E-state index in [-0.39, 0.29) is 5.56 Å². The topological polar surface area (TPSA) is 52.2 Å². The zero-order chi connectivity index (χ0) is 15.4. The standard InChI is InChI=1S/C17H14N4OS/c22-16-14-12-8-4-5-9-13(12)23-15(14)19-17-20(10-18-21(16)17)11-6-2-1-3-7-11/h1-3,6-7,10H,4-5,8-9H2. The largest absolute Gasteiger partial charge is 0.284 e. The summed E-state index contributed by atoms with van der Waals surface area (Å²) in [7, 11) is 0. The summed E-state index contributed by atoms with van der Waals surface area (Å²) in [5.74, 6) is 0.576. The van der Waals surface area contributed by atoms with Gasteiger partial charge in [0.2, 0.25) is 5.78 Å². The summed E-state index contributed by atoms with van der Waals surface area (Å²) in [6.45, 7) is 0. The molecule has 23 heavy (non-hydrogen) atoms. The maximum Gasteiger partial charge on any atom is 0.284 e. The minimum atomic E-state index is -0.0425. The first-order valence-corrected chi connectivity index (χ1v) is 8.60. The van der Waals surface area contributed by atoms with Crippen LogP contribution < -0.4 is 5.56 Å². The monoisotopic (exact) mass is 322 g/mol. The summed E-state index contributed by atoms with van der Waals surface area (Å²) in [4.78, 5) is 19.9. The first-order valence-electron chi connectivity index (χ1n) is 7.79. The van der Waals surface area contributed by atoms with Crippen molar-refractivity contribution in [1.82, 2.24) is 19.2 Å². The lowest BCUT2D eigenvalue weighted by atomic mass is 9.97. The van der Waals surface area contributed by atoms with Crippen molar-refractivity contribution >= 4 is 27.3 Å². The van der Waals surface area contributed by atoms with Gasteiger partial charge in [0.05, 0.1) is 11.1 Å². The zero-order valence-corrected chi connectivity index (χ0v) is 13.2. The van der Waals surface area contributed by atoms with Crippen molar-refractivity contribution < 1.29 is 0 Å². The van der Waals surface area contributed by atoms with Crippen molar-refractivity contribution in [3.8, 4) is 5.69 Å². The first kappa shape index (κ1) is 13.0. The summed E-state index contributed by atoms with van der Waals surface area (Å²) in [6.07, 6.45) is 6.07.